The van der Waals surface area contributed by atoms with Crippen molar-refractivity contribution in [3.8, 4) is 0 Å². The molecule has 102 valence electrons. The van der Waals surface area contributed by atoms with Crippen LogP contribution < -0.4 is 5.32 Å². The number of aliphatic hydroxyl groups is 1. The van der Waals surface area contributed by atoms with Crippen molar-refractivity contribution in [3.05, 3.63) is 35.4 Å². The van der Waals surface area contributed by atoms with E-state index in [9.17, 15) is 9.90 Å². The summed E-state index contributed by atoms with van der Waals surface area (Å²) in [5, 5.41) is 12.8. The molecule has 1 aromatic rings. The fourth-order valence-electron chi connectivity index (χ4n) is 2.94. The fraction of sp³-hybridized carbons (Fsp3) is 0.533. The summed E-state index contributed by atoms with van der Waals surface area (Å²) in [6.07, 6.45) is 1.95. The Morgan fingerprint density at radius 2 is 1.89 bits per heavy atom. The molecule has 2 N–H and O–H groups in total. The van der Waals surface area contributed by atoms with Crippen molar-refractivity contribution in [1.82, 2.24) is 10.2 Å². The first-order valence-electron chi connectivity index (χ1n) is 7.01. The van der Waals surface area contributed by atoms with Crippen molar-refractivity contribution >= 4 is 5.91 Å². The van der Waals surface area contributed by atoms with Crippen LogP contribution in [0.4, 0.5) is 0 Å². The largest absolute Gasteiger partial charge is 0.393 e. The topological polar surface area (TPSA) is 52.6 Å². The van der Waals surface area contributed by atoms with Gasteiger partial charge >= 0.3 is 0 Å². The Hall–Kier alpha value is -1.39. The van der Waals surface area contributed by atoms with Crippen molar-refractivity contribution in [2.24, 2.45) is 0 Å². The number of amides is 1. The quantitative estimate of drug-likeness (QED) is 0.781. The van der Waals surface area contributed by atoms with E-state index in [-0.39, 0.29) is 18.1 Å². The van der Waals surface area contributed by atoms with Gasteiger partial charge in [-0.3, -0.25) is 4.79 Å². The molecule has 0 aromatic heterocycles. The van der Waals surface area contributed by atoms with E-state index >= 15 is 0 Å². The minimum absolute atomic E-state index is 0.106. The first kappa shape index (κ1) is 12.6. The Labute approximate surface area is 113 Å². The van der Waals surface area contributed by atoms with Gasteiger partial charge in [0.25, 0.3) is 0 Å². The molecule has 19 heavy (non-hydrogen) atoms. The minimum Gasteiger partial charge on any atom is -0.393 e. The van der Waals surface area contributed by atoms with E-state index in [1.165, 1.54) is 11.1 Å². The molecule has 2 aliphatic rings. The lowest BCUT2D eigenvalue weighted by atomic mass is 9.94. The Balaban J connectivity index is 1.66. The maximum absolute atomic E-state index is 12.5. The van der Waals surface area contributed by atoms with E-state index in [4.69, 9.17) is 0 Å². The number of fused-ring (bicyclic) bond motifs is 1. The zero-order chi connectivity index (χ0) is 13.2. The Morgan fingerprint density at radius 3 is 2.63 bits per heavy atom. The summed E-state index contributed by atoms with van der Waals surface area (Å²) in [5.41, 5.74) is 2.57. The van der Waals surface area contributed by atoms with Gasteiger partial charge in [-0.2, -0.15) is 0 Å². The molecule has 1 saturated heterocycles. The highest BCUT2D eigenvalue weighted by Gasteiger charge is 2.29. The number of hydrogen-bond acceptors (Lipinski definition) is 3. The number of rotatable bonds is 1. The standard InChI is InChI=1S/C15H20N2O2/c18-13-5-7-17(8-6-13)15(19)14-9-11-3-1-2-4-12(11)10-16-14/h1-4,13-14,16,18H,5-10H2/t14-/m1/s1. The molecule has 4 heteroatoms. The molecule has 0 spiro atoms. The molecule has 0 unspecified atom stereocenters. The van der Waals surface area contributed by atoms with Gasteiger partial charge in [0, 0.05) is 19.6 Å². The number of piperidine rings is 1. The molecule has 1 amide bonds. The maximum atomic E-state index is 12.5. The van der Waals surface area contributed by atoms with Gasteiger partial charge in [0.1, 0.15) is 0 Å². The highest BCUT2D eigenvalue weighted by Crippen LogP contribution is 2.19. The third-order valence-corrected chi connectivity index (χ3v) is 4.16. The van der Waals surface area contributed by atoms with Gasteiger partial charge in [0.15, 0.2) is 0 Å². The summed E-state index contributed by atoms with van der Waals surface area (Å²) in [7, 11) is 0. The molecular formula is C15H20N2O2. The normalized spacial score (nSPS) is 24.1. The number of nitrogens with zero attached hydrogens (tertiary/aromatic N) is 1. The van der Waals surface area contributed by atoms with Gasteiger partial charge in [0.05, 0.1) is 12.1 Å². The summed E-state index contributed by atoms with van der Waals surface area (Å²) < 4.78 is 0. The summed E-state index contributed by atoms with van der Waals surface area (Å²) in [4.78, 5) is 14.3. The molecule has 2 aliphatic heterocycles. The fourth-order valence-corrected chi connectivity index (χ4v) is 2.94. The third-order valence-electron chi connectivity index (χ3n) is 4.16. The molecule has 4 nitrogen and oxygen atoms in total. The lowest BCUT2D eigenvalue weighted by Gasteiger charge is -2.34. The lowest BCUT2D eigenvalue weighted by molar-refractivity contribution is -0.135. The second-order valence-corrected chi connectivity index (χ2v) is 5.46. The Morgan fingerprint density at radius 1 is 1.21 bits per heavy atom. The summed E-state index contributed by atoms with van der Waals surface area (Å²) in [5.74, 6) is 0.182. The summed E-state index contributed by atoms with van der Waals surface area (Å²) >= 11 is 0. The first-order chi connectivity index (χ1) is 9.24. The van der Waals surface area contributed by atoms with Crippen LogP contribution in [-0.4, -0.2) is 41.1 Å². The van der Waals surface area contributed by atoms with Crippen LogP contribution in [-0.2, 0) is 17.8 Å². The van der Waals surface area contributed by atoms with E-state index < -0.39 is 0 Å². The van der Waals surface area contributed by atoms with Crippen LogP contribution in [0.5, 0.6) is 0 Å². The molecule has 0 saturated carbocycles. The zero-order valence-corrected chi connectivity index (χ0v) is 11.0. The number of hydrogen-bond donors (Lipinski definition) is 2. The average molecular weight is 260 g/mol. The van der Waals surface area contributed by atoms with E-state index in [0.29, 0.717) is 25.9 Å². The summed E-state index contributed by atoms with van der Waals surface area (Å²) in [6.45, 7) is 2.13. The number of carbonyl (C=O) groups is 1. The van der Waals surface area contributed by atoms with Crippen LogP contribution in [0.1, 0.15) is 24.0 Å². The SMILES string of the molecule is O=C([C@H]1Cc2ccccc2CN1)N1CCC(O)CC1. The van der Waals surface area contributed by atoms with Crippen LogP contribution in [0.25, 0.3) is 0 Å². The van der Waals surface area contributed by atoms with Gasteiger partial charge in [0.2, 0.25) is 5.91 Å². The Bertz CT molecular complexity index is 467. The third kappa shape index (κ3) is 2.65. The van der Waals surface area contributed by atoms with Gasteiger partial charge in [-0.05, 0) is 30.4 Å². The van der Waals surface area contributed by atoms with Crippen LogP contribution in [0.3, 0.4) is 0 Å². The number of nitrogens with one attached hydrogen (secondary N) is 1. The molecule has 0 radical (unpaired) electrons. The predicted octanol–water partition coefficient (Wildman–Crippen LogP) is 0.684. The van der Waals surface area contributed by atoms with Crippen molar-refractivity contribution in [2.75, 3.05) is 13.1 Å². The van der Waals surface area contributed by atoms with Gasteiger partial charge in [-0.25, -0.2) is 0 Å². The van der Waals surface area contributed by atoms with Crippen LogP contribution in [0.15, 0.2) is 24.3 Å². The molecule has 1 fully saturated rings. The second-order valence-electron chi connectivity index (χ2n) is 5.46. The highest BCUT2D eigenvalue weighted by molar-refractivity contribution is 5.82. The van der Waals surface area contributed by atoms with E-state index in [0.717, 1.165) is 13.0 Å². The minimum atomic E-state index is -0.232. The molecule has 1 aromatic carbocycles. The predicted molar refractivity (Wildman–Crippen MR) is 72.6 cm³/mol. The number of aliphatic hydroxyl groups excluding tert-OH is 1. The molecule has 1 atom stereocenters. The van der Waals surface area contributed by atoms with Crippen LogP contribution >= 0.6 is 0 Å². The smallest absolute Gasteiger partial charge is 0.240 e. The lowest BCUT2D eigenvalue weighted by Crippen LogP contribution is -2.51. The average Bonchev–Trinajstić information content (AvgIpc) is 2.47. The molecule has 0 bridgehead atoms. The van der Waals surface area contributed by atoms with E-state index in [1.54, 1.807) is 0 Å². The highest BCUT2D eigenvalue weighted by atomic mass is 16.3. The number of carbonyl (C=O) groups excluding carboxylic acids is 1. The van der Waals surface area contributed by atoms with Crippen LogP contribution in [0, 0.1) is 0 Å². The maximum Gasteiger partial charge on any atom is 0.240 e. The van der Waals surface area contributed by atoms with Crippen molar-refractivity contribution in [3.63, 3.8) is 0 Å². The van der Waals surface area contributed by atoms with Crippen molar-refractivity contribution in [2.45, 2.75) is 38.0 Å². The second kappa shape index (κ2) is 5.31. The monoisotopic (exact) mass is 260 g/mol. The summed E-state index contributed by atoms with van der Waals surface area (Å²) in [6, 6.07) is 8.18. The molecule has 2 heterocycles. The van der Waals surface area contributed by atoms with Crippen molar-refractivity contribution in [1.29, 1.82) is 0 Å². The first-order valence-corrected chi connectivity index (χ1v) is 7.01. The van der Waals surface area contributed by atoms with Gasteiger partial charge in [-0.15, -0.1) is 0 Å². The van der Waals surface area contributed by atoms with Crippen molar-refractivity contribution < 1.29 is 9.90 Å². The van der Waals surface area contributed by atoms with Crippen LogP contribution in [0.2, 0.25) is 0 Å². The van der Waals surface area contributed by atoms with Gasteiger partial charge in [-0.1, -0.05) is 24.3 Å². The zero-order valence-electron chi connectivity index (χ0n) is 11.0. The van der Waals surface area contributed by atoms with E-state index in [1.807, 2.05) is 17.0 Å². The van der Waals surface area contributed by atoms with E-state index in [2.05, 4.69) is 17.4 Å². The van der Waals surface area contributed by atoms with Gasteiger partial charge < -0.3 is 15.3 Å². The molecule has 0 aliphatic carbocycles. The number of likely N-dealkylation sites (tertiary alicyclic amines) is 1. The molecule has 3 rings (SSSR count). The molecular weight excluding hydrogens is 240 g/mol. The Kier molecular flexibility index (Phi) is 3.53. The number of benzene rings is 1.